The molecular formula is C20H33ClN2O3. The number of likely N-dealkylation sites (tertiary alicyclic amines) is 1. The zero-order chi connectivity index (χ0) is 17.9. The second-order valence-corrected chi connectivity index (χ2v) is 6.76. The van der Waals surface area contributed by atoms with Gasteiger partial charge in [0.1, 0.15) is 12.4 Å². The molecule has 0 radical (unpaired) electrons. The number of halogens is 1. The van der Waals surface area contributed by atoms with Crippen molar-refractivity contribution >= 4 is 24.2 Å². The van der Waals surface area contributed by atoms with Crippen LogP contribution >= 0.6 is 12.4 Å². The first-order valence-corrected chi connectivity index (χ1v) is 9.56. The Balaban J connectivity index is 0.00000338. The Labute approximate surface area is 163 Å². The summed E-state index contributed by atoms with van der Waals surface area (Å²) in [5.41, 5.74) is 0.667. The van der Waals surface area contributed by atoms with Crippen LogP contribution < -0.4 is 10.1 Å². The number of unbranched alkanes of at least 4 members (excludes halogenated alkanes) is 3. The Morgan fingerprint density at radius 1 is 1.23 bits per heavy atom. The van der Waals surface area contributed by atoms with E-state index in [2.05, 4.69) is 24.2 Å². The standard InChI is InChI=1S/C20H32N2O3.ClH/c1-3-4-5-10-15-24-19-13-7-6-12-18(19)21-20(23)25-16-17-11-8-9-14-22(17)2;/h6-7,12-13,17H,3-5,8-11,14-16H2,1-2H3,(H,21,23);1H. The lowest BCUT2D eigenvalue weighted by Crippen LogP contribution is -2.40. The lowest BCUT2D eigenvalue weighted by Gasteiger charge is -2.31. The topological polar surface area (TPSA) is 50.8 Å². The molecule has 1 saturated heterocycles. The minimum absolute atomic E-state index is 0. The molecule has 5 nitrogen and oxygen atoms in total. The summed E-state index contributed by atoms with van der Waals surface area (Å²) in [6.07, 6.45) is 7.73. The molecule has 1 aliphatic heterocycles. The third-order valence-electron chi connectivity index (χ3n) is 4.71. The third-order valence-corrected chi connectivity index (χ3v) is 4.71. The lowest BCUT2D eigenvalue weighted by molar-refractivity contribution is 0.0907. The predicted molar refractivity (Wildman–Crippen MR) is 109 cm³/mol. The molecule has 1 aromatic carbocycles. The fraction of sp³-hybridized carbons (Fsp3) is 0.650. The van der Waals surface area contributed by atoms with E-state index in [1.54, 1.807) is 0 Å². The third kappa shape index (κ3) is 7.83. The molecule has 148 valence electrons. The van der Waals surface area contributed by atoms with Gasteiger partial charge in [0.15, 0.2) is 0 Å². The van der Waals surface area contributed by atoms with E-state index in [0.717, 1.165) is 19.4 Å². The highest BCUT2D eigenvalue weighted by Crippen LogP contribution is 2.24. The smallest absolute Gasteiger partial charge is 0.411 e. The van der Waals surface area contributed by atoms with E-state index in [9.17, 15) is 4.79 Å². The number of nitrogens with zero attached hydrogens (tertiary/aromatic N) is 1. The van der Waals surface area contributed by atoms with Gasteiger partial charge in [-0.2, -0.15) is 0 Å². The number of hydrogen-bond donors (Lipinski definition) is 1. The van der Waals surface area contributed by atoms with Gasteiger partial charge in [-0.3, -0.25) is 5.32 Å². The average molecular weight is 385 g/mol. The molecule has 1 N–H and O–H groups in total. The average Bonchev–Trinajstić information content (AvgIpc) is 2.62. The SMILES string of the molecule is CCCCCCOc1ccccc1NC(=O)OCC1CCCCN1C.Cl. The molecule has 1 aromatic rings. The van der Waals surface area contributed by atoms with Gasteiger partial charge in [0, 0.05) is 6.04 Å². The molecule has 0 bridgehead atoms. The number of ether oxygens (including phenoxy) is 2. The fourth-order valence-electron chi connectivity index (χ4n) is 3.08. The first-order chi connectivity index (χ1) is 12.2. The Morgan fingerprint density at radius 2 is 2.04 bits per heavy atom. The van der Waals surface area contributed by atoms with Crippen molar-refractivity contribution in [3.8, 4) is 5.75 Å². The van der Waals surface area contributed by atoms with Crippen molar-refractivity contribution in [2.45, 2.75) is 57.9 Å². The van der Waals surface area contributed by atoms with Crippen LogP contribution in [0.25, 0.3) is 0 Å². The zero-order valence-electron chi connectivity index (χ0n) is 16.0. The number of anilines is 1. The van der Waals surface area contributed by atoms with Crippen molar-refractivity contribution in [1.29, 1.82) is 0 Å². The molecule has 0 spiro atoms. The van der Waals surface area contributed by atoms with Crippen LogP contribution in [0.5, 0.6) is 5.75 Å². The maximum Gasteiger partial charge on any atom is 0.411 e. The number of nitrogens with one attached hydrogen (secondary N) is 1. The highest BCUT2D eigenvalue weighted by Gasteiger charge is 2.20. The van der Waals surface area contributed by atoms with Crippen molar-refractivity contribution < 1.29 is 14.3 Å². The minimum atomic E-state index is -0.416. The summed E-state index contributed by atoms with van der Waals surface area (Å²) in [6, 6.07) is 7.84. The zero-order valence-corrected chi connectivity index (χ0v) is 16.9. The second-order valence-electron chi connectivity index (χ2n) is 6.76. The van der Waals surface area contributed by atoms with Gasteiger partial charge in [-0.1, -0.05) is 44.7 Å². The Kier molecular flexibility index (Phi) is 11.1. The van der Waals surface area contributed by atoms with Crippen molar-refractivity contribution in [3.63, 3.8) is 0 Å². The molecule has 1 aliphatic rings. The van der Waals surface area contributed by atoms with Crippen LogP contribution in [-0.4, -0.2) is 43.8 Å². The van der Waals surface area contributed by atoms with E-state index in [0.29, 0.717) is 30.7 Å². The quantitative estimate of drug-likeness (QED) is 0.601. The van der Waals surface area contributed by atoms with E-state index in [-0.39, 0.29) is 12.4 Å². The molecule has 1 fully saturated rings. The fourth-order valence-corrected chi connectivity index (χ4v) is 3.08. The molecule has 26 heavy (non-hydrogen) atoms. The highest BCUT2D eigenvalue weighted by atomic mass is 35.5. The van der Waals surface area contributed by atoms with E-state index in [1.165, 1.54) is 32.1 Å². The van der Waals surface area contributed by atoms with Crippen molar-refractivity contribution in [1.82, 2.24) is 4.90 Å². The molecule has 6 heteroatoms. The van der Waals surface area contributed by atoms with Crippen LogP contribution in [0.4, 0.5) is 10.5 Å². The maximum atomic E-state index is 12.1. The molecule has 1 atom stereocenters. The number of carbonyl (C=O) groups is 1. The second kappa shape index (κ2) is 12.8. The normalized spacial score (nSPS) is 17.2. The molecular weight excluding hydrogens is 352 g/mol. The van der Waals surface area contributed by atoms with Crippen molar-refractivity contribution in [2.75, 3.05) is 32.1 Å². The maximum absolute atomic E-state index is 12.1. The van der Waals surface area contributed by atoms with Crippen LogP contribution in [0.15, 0.2) is 24.3 Å². The van der Waals surface area contributed by atoms with Crippen LogP contribution in [0, 0.1) is 0 Å². The van der Waals surface area contributed by atoms with Gasteiger partial charge in [0.05, 0.1) is 12.3 Å². The summed E-state index contributed by atoms with van der Waals surface area (Å²) in [5.74, 6) is 0.700. The number of likely N-dealkylation sites (N-methyl/N-ethyl adjacent to an activating group) is 1. The van der Waals surface area contributed by atoms with E-state index in [1.807, 2.05) is 24.3 Å². The molecule has 1 unspecified atom stereocenters. The monoisotopic (exact) mass is 384 g/mol. The summed E-state index contributed by atoms with van der Waals surface area (Å²) < 4.78 is 11.2. The minimum Gasteiger partial charge on any atom is -0.491 e. The van der Waals surface area contributed by atoms with E-state index < -0.39 is 6.09 Å². The summed E-state index contributed by atoms with van der Waals surface area (Å²) in [5, 5.41) is 2.81. The lowest BCUT2D eigenvalue weighted by atomic mass is 10.0. The largest absolute Gasteiger partial charge is 0.491 e. The molecule has 0 saturated carbocycles. The summed E-state index contributed by atoms with van der Waals surface area (Å²) in [7, 11) is 2.09. The number of rotatable bonds is 9. The predicted octanol–water partition coefficient (Wildman–Crippen LogP) is 5.10. The number of carbonyl (C=O) groups excluding carboxylic acids is 1. The number of hydrogen-bond acceptors (Lipinski definition) is 4. The number of benzene rings is 1. The van der Waals surface area contributed by atoms with Crippen LogP contribution in [0.1, 0.15) is 51.9 Å². The van der Waals surface area contributed by atoms with E-state index in [4.69, 9.17) is 9.47 Å². The van der Waals surface area contributed by atoms with Crippen molar-refractivity contribution in [3.05, 3.63) is 24.3 Å². The molecule has 1 amide bonds. The van der Waals surface area contributed by atoms with Gasteiger partial charge in [-0.05, 0) is 45.0 Å². The first kappa shape index (κ1) is 22.6. The van der Waals surface area contributed by atoms with Crippen LogP contribution in [0.3, 0.4) is 0 Å². The number of para-hydroxylation sites is 2. The molecule has 0 aliphatic carbocycles. The van der Waals surface area contributed by atoms with Gasteiger partial charge in [-0.25, -0.2) is 4.79 Å². The van der Waals surface area contributed by atoms with Crippen LogP contribution in [0.2, 0.25) is 0 Å². The summed E-state index contributed by atoms with van der Waals surface area (Å²) >= 11 is 0. The first-order valence-electron chi connectivity index (χ1n) is 9.56. The summed E-state index contributed by atoms with van der Waals surface area (Å²) in [4.78, 5) is 14.4. The number of amides is 1. The van der Waals surface area contributed by atoms with Gasteiger partial charge in [0.25, 0.3) is 0 Å². The Bertz CT molecular complexity index is 528. The van der Waals surface area contributed by atoms with Gasteiger partial charge >= 0.3 is 6.09 Å². The van der Waals surface area contributed by atoms with Gasteiger partial charge in [-0.15, -0.1) is 12.4 Å². The summed E-state index contributed by atoms with van der Waals surface area (Å²) in [6.45, 7) is 4.37. The van der Waals surface area contributed by atoms with Crippen LogP contribution in [-0.2, 0) is 4.74 Å². The molecule has 0 aromatic heterocycles. The van der Waals surface area contributed by atoms with E-state index >= 15 is 0 Å². The van der Waals surface area contributed by atoms with Crippen molar-refractivity contribution in [2.24, 2.45) is 0 Å². The Morgan fingerprint density at radius 3 is 2.81 bits per heavy atom. The molecule has 1 heterocycles. The highest BCUT2D eigenvalue weighted by molar-refractivity contribution is 5.86. The Hall–Kier alpha value is -1.46. The molecule has 2 rings (SSSR count). The van der Waals surface area contributed by atoms with Gasteiger partial charge in [0.2, 0.25) is 0 Å². The van der Waals surface area contributed by atoms with Gasteiger partial charge < -0.3 is 14.4 Å². The number of piperidine rings is 1.